The lowest BCUT2D eigenvalue weighted by Crippen LogP contribution is -2.41. The predicted octanol–water partition coefficient (Wildman–Crippen LogP) is 2.17. The van der Waals surface area contributed by atoms with Gasteiger partial charge >= 0.3 is 0 Å². The summed E-state index contributed by atoms with van der Waals surface area (Å²) in [5.74, 6) is 0.991. The molecule has 0 aromatic heterocycles. The fourth-order valence-electron chi connectivity index (χ4n) is 2.69. The lowest BCUT2D eigenvalue weighted by atomic mass is 10.1. The van der Waals surface area contributed by atoms with Gasteiger partial charge in [-0.3, -0.25) is 9.69 Å². The van der Waals surface area contributed by atoms with Gasteiger partial charge in [-0.25, -0.2) is 0 Å². The van der Waals surface area contributed by atoms with Crippen LogP contribution in [0, 0.1) is 5.92 Å². The summed E-state index contributed by atoms with van der Waals surface area (Å²) in [6.07, 6.45) is 10.6. The Balaban J connectivity index is 1.66. The highest BCUT2D eigenvalue weighted by Crippen LogP contribution is 2.27. The lowest BCUT2D eigenvalue weighted by Gasteiger charge is -2.26. The van der Waals surface area contributed by atoms with Crippen molar-refractivity contribution in [3.05, 3.63) is 0 Å². The molecule has 0 aromatic rings. The molecule has 0 bridgehead atoms. The van der Waals surface area contributed by atoms with Crippen LogP contribution < -0.4 is 5.32 Å². The Morgan fingerprint density at radius 2 is 1.76 bits per heavy atom. The van der Waals surface area contributed by atoms with E-state index in [0.29, 0.717) is 12.6 Å². The van der Waals surface area contributed by atoms with Crippen LogP contribution in [-0.4, -0.2) is 37.0 Å². The van der Waals surface area contributed by atoms with Gasteiger partial charge in [-0.2, -0.15) is 0 Å². The first-order chi connectivity index (χ1) is 8.25. The third kappa shape index (κ3) is 4.66. The third-order valence-electron chi connectivity index (χ3n) is 4.13. The predicted molar refractivity (Wildman–Crippen MR) is 69.9 cm³/mol. The van der Waals surface area contributed by atoms with Crippen molar-refractivity contribution >= 4 is 5.91 Å². The Kier molecular flexibility index (Phi) is 4.84. The van der Waals surface area contributed by atoms with Crippen molar-refractivity contribution in [2.45, 2.75) is 57.4 Å². The van der Waals surface area contributed by atoms with E-state index in [0.717, 1.165) is 12.5 Å². The molecule has 0 radical (unpaired) electrons. The molecule has 0 unspecified atom stereocenters. The topological polar surface area (TPSA) is 32.3 Å². The summed E-state index contributed by atoms with van der Waals surface area (Å²) >= 11 is 0. The minimum Gasteiger partial charge on any atom is -0.355 e. The van der Waals surface area contributed by atoms with Crippen LogP contribution in [0.3, 0.4) is 0 Å². The maximum absolute atomic E-state index is 11.8. The summed E-state index contributed by atoms with van der Waals surface area (Å²) in [6.45, 7) is 1.48. The van der Waals surface area contributed by atoms with Crippen LogP contribution in [0.25, 0.3) is 0 Å². The molecular formula is C14H26N2O. The highest BCUT2D eigenvalue weighted by Gasteiger charge is 2.23. The van der Waals surface area contributed by atoms with Gasteiger partial charge in [0.05, 0.1) is 6.54 Å². The molecule has 0 atom stereocenters. The second-order valence-electron chi connectivity index (χ2n) is 5.81. The van der Waals surface area contributed by atoms with Gasteiger partial charge in [-0.05, 0) is 38.6 Å². The average Bonchev–Trinajstić information content (AvgIpc) is 3.13. The van der Waals surface area contributed by atoms with Crippen molar-refractivity contribution in [3.63, 3.8) is 0 Å². The van der Waals surface area contributed by atoms with Crippen molar-refractivity contribution in [2.24, 2.45) is 5.92 Å². The molecule has 0 aliphatic heterocycles. The van der Waals surface area contributed by atoms with Crippen molar-refractivity contribution in [3.8, 4) is 0 Å². The van der Waals surface area contributed by atoms with E-state index in [-0.39, 0.29) is 5.91 Å². The van der Waals surface area contributed by atoms with E-state index in [1.807, 2.05) is 0 Å². The summed E-state index contributed by atoms with van der Waals surface area (Å²) in [4.78, 5) is 14.0. The van der Waals surface area contributed by atoms with Gasteiger partial charge in [0, 0.05) is 12.6 Å². The Hall–Kier alpha value is -0.570. The van der Waals surface area contributed by atoms with E-state index in [1.54, 1.807) is 0 Å². The third-order valence-corrected chi connectivity index (χ3v) is 4.13. The average molecular weight is 238 g/mol. The van der Waals surface area contributed by atoms with Crippen molar-refractivity contribution in [2.75, 3.05) is 20.1 Å². The van der Waals surface area contributed by atoms with Crippen molar-refractivity contribution in [1.29, 1.82) is 0 Å². The Bertz CT molecular complexity index is 243. The first kappa shape index (κ1) is 12.9. The van der Waals surface area contributed by atoms with Crippen LogP contribution in [0.5, 0.6) is 0 Å². The summed E-state index contributed by atoms with van der Waals surface area (Å²) in [6, 6.07) is 0.629. The molecule has 2 rings (SSSR count). The number of amides is 1. The highest BCUT2D eigenvalue weighted by molar-refractivity contribution is 5.78. The van der Waals surface area contributed by atoms with Crippen LogP contribution in [0.15, 0.2) is 0 Å². The molecule has 3 nitrogen and oxygen atoms in total. The van der Waals surface area contributed by atoms with Gasteiger partial charge in [-0.1, -0.05) is 25.7 Å². The molecule has 0 spiro atoms. The van der Waals surface area contributed by atoms with Crippen LogP contribution >= 0.6 is 0 Å². The number of carbonyl (C=O) groups is 1. The first-order valence-electron chi connectivity index (χ1n) is 7.22. The van der Waals surface area contributed by atoms with Crippen LogP contribution in [0.2, 0.25) is 0 Å². The number of likely N-dealkylation sites (N-methyl/N-ethyl adjacent to an activating group) is 1. The van der Waals surface area contributed by atoms with E-state index < -0.39 is 0 Å². The van der Waals surface area contributed by atoms with Crippen molar-refractivity contribution in [1.82, 2.24) is 10.2 Å². The number of carbonyl (C=O) groups excluding carboxylic acids is 1. The SMILES string of the molecule is CN(CC(=O)NCC1CC1)C1CCCCCC1. The highest BCUT2D eigenvalue weighted by atomic mass is 16.2. The molecular weight excluding hydrogens is 212 g/mol. The quantitative estimate of drug-likeness (QED) is 0.745. The minimum absolute atomic E-state index is 0.212. The Morgan fingerprint density at radius 3 is 2.35 bits per heavy atom. The zero-order valence-electron chi connectivity index (χ0n) is 11.1. The summed E-state index contributed by atoms with van der Waals surface area (Å²) in [5.41, 5.74) is 0. The molecule has 1 N–H and O–H groups in total. The molecule has 2 fully saturated rings. The summed E-state index contributed by atoms with van der Waals surface area (Å²) in [7, 11) is 2.10. The molecule has 3 heteroatoms. The second kappa shape index (κ2) is 6.39. The molecule has 0 saturated heterocycles. The van der Waals surface area contributed by atoms with E-state index in [9.17, 15) is 4.79 Å². The van der Waals surface area contributed by atoms with Gasteiger partial charge in [0.1, 0.15) is 0 Å². The Morgan fingerprint density at radius 1 is 1.12 bits per heavy atom. The van der Waals surface area contributed by atoms with Crippen LogP contribution in [-0.2, 0) is 4.79 Å². The fourth-order valence-corrected chi connectivity index (χ4v) is 2.69. The monoisotopic (exact) mass is 238 g/mol. The smallest absolute Gasteiger partial charge is 0.234 e. The van der Waals surface area contributed by atoms with E-state index >= 15 is 0 Å². The second-order valence-corrected chi connectivity index (χ2v) is 5.81. The normalized spacial score (nSPS) is 22.5. The maximum atomic E-state index is 11.8. The van der Waals surface area contributed by atoms with E-state index in [2.05, 4.69) is 17.3 Å². The van der Waals surface area contributed by atoms with Gasteiger partial charge < -0.3 is 5.32 Å². The lowest BCUT2D eigenvalue weighted by molar-refractivity contribution is -0.122. The largest absolute Gasteiger partial charge is 0.355 e. The molecule has 17 heavy (non-hydrogen) atoms. The fraction of sp³-hybridized carbons (Fsp3) is 0.929. The van der Waals surface area contributed by atoms with Gasteiger partial charge in [-0.15, -0.1) is 0 Å². The number of rotatable bonds is 5. The number of hydrogen-bond donors (Lipinski definition) is 1. The maximum Gasteiger partial charge on any atom is 0.234 e. The van der Waals surface area contributed by atoms with Crippen LogP contribution in [0.1, 0.15) is 51.4 Å². The molecule has 2 saturated carbocycles. The molecule has 98 valence electrons. The van der Waals surface area contributed by atoms with E-state index in [4.69, 9.17) is 0 Å². The minimum atomic E-state index is 0.212. The molecule has 2 aliphatic carbocycles. The van der Waals surface area contributed by atoms with Crippen LogP contribution in [0.4, 0.5) is 0 Å². The molecule has 0 aromatic carbocycles. The first-order valence-corrected chi connectivity index (χ1v) is 7.22. The van der Waals surface area contributed by atoms with Crippen molar-refractivity contribution < 1.29 is 4.79 Å². The van der Waals surface area contributed by atoms with Gasteiger partial charge in [0.2, 0.25) is 5.91 Å². The van der Waals surface area contributed by atoms with Gasteiger partial charge in [0.15, 0.2) is 0 Å². The molecule has 0 heterocycles. The Labute approximate surface area is 105 Å². The zero-order chi connectivity index (χ0) is 12.1. The molecule has 2 aliphatic rings. The molecule has 1 amide bonds. The standard InChI is InChI=1S/C14H26N2O/c1-16(13-6-4-2-3-5-7-13)11-14(17)15-10-12-8-9-12/h12-13H,2-11H2,1H3,(H,15,17). The number of hydrogen-bond acceptors (Lipinski definition) is 2. The number of nitrogens with zero attached hydrogens (tertiary/aromatic N) is 1. The zero-order valence-corrected chi connectivity index (χ0v) is 11.1. The van der Waals surface area contributed by atoms with Gasteiger partial charge in [0.25, 0.3) is 0 Å². The van der Waals surface area contributed by atoms with E-state index in [1.165, 1.54) is 51.4 Å². The summed E-state index contributed by atoms with van der Waals surface area (Å²) in [5, 5.41) is 3.05. The summed E-state index contributed by atoms with van der Waals surface area (Å²) < 4.78 is 0. The number of nitrogens with one attached hydrogen (secondary N) is 1.